The van der Waals surface area contributed by atoms with Crippen LogP contribution in [0.1, 0.15) is 26.2 Å². The molecule has 15 heavy (non-hydrogen) atoms. The average molecular weight is 218 g/mol. The maximum absolute atomic E-state index is 11.3. The van der Waals surface area contributed by atoms with E-state index in [1.54, 1.807) is 7.11 Å². The molecule has 1 amide bonds. The largest absolute Gasteiger partial charge is 0.393 e. The van der Waals surface area contributed by atoms with E-state index in [1.807, 2.05) is 6.92 Å². The van der Waals surface area contributed by atoms with Gasteiger partial charge in [-0.25, -0.2) is 0 Å². The standard InChI is InChI=1S/C10H22N2O3/c1-3-8(13)4-6-12-10(14)9(11)5-7-15-2/h8-9,13H,3-7,11H2,1-2H3,(H,12,14). The van der Waals surface area contributed by atoms with Gasteiger partial charge in [0.15, 0.2) is 0 Å². The van der Waals surface area contributed by atoms with Gasteiger partial charge in [0.05, 0.1) is 12.1 Å². The predicted molar refractivity (Wildman–Crippen MR) is 58.4 cm³/mol. The number of nitrogens with two attached hydrogens (primary N) is 1. The van der Waals surface area contributed by atoms with Crippen LogP contribution in [0.2, 0.25) is 0 Å². The Morgan fingerprint density at radius 3 is 2.73 bits per heavy atom. The lowest BCUT2D eigenvalue weighted by Gasteiger charge is -2.13. The molecular weight excluding hydrogens is 196 g/mol. The summed E-state index contributed by atoms with van der Waals surface area (Å²) in [6, 6.07) is -0.524. The van der Waals surface area contributed by atoms with Gasteiger partial charge in [0.2, 0.25) is 5.91 Å². The number of nitrogens with one attached hydrogen (secondary N) is 1. The zero-order valence-electron chi connectivity index (χ0n) is 9.53. The molecule has 2 unspecified atom stereocenters. The molecule has 5 heteroatoms. The molecule has 90 valence electrons. The summed E-state index contributed by atoms with van der Waals surface area (Å²) < 4.78 is 4.82. The minimum absolute atomic E-state index is 0.185. The number of ether oxygens (including phenoxy) is 1. The molecule has 0 spiro atoms. The van der Waals surface area contributed by atoms with Crippen molar-refractivity contribution in [2.75, 3.05) is 20.3 Å². The third-order valence-corrected chi connectivity index (χ3v) is 2.22. The van der Waals surface area contributed by atoms with Crippen molar-refractivity contribution in [1.82, 2.24) is 5.32 Å². The summed E-state index contributed by atoms with van der Waals surface area (Å²) in [5, 5.41) is 11.9. The predicted octanol–water partition coefficient (Wildman–Crippen LogP) is -0.373. The third-order valence-electron chi connectivity index (χ3n) is 2.22. The minimum atomic E-state index is -0.524. The van der Waals surface area contributed by atoms with Crippen LogP contribution in [0.25, 0.3) is 0 Å². The van der Waals surface area contributed by atoms with E-state index in [-0.39, 0.29) is 12.0 Å². The number of carbonyl (C=O) groups is 1. The van der Waals surface area contributed by atoms with Crippen molar-refractivity contribution in [3.05, 3.63) is 0 Å². The van der Waals surface area contributed by atoms with Crippen molar-refractivity contribution in [2.24, 2.45) is 5.73 Å². The van der Waals surface area contributed by atoms with Gasteiger partial charge >= 0.3 is 0 Å². The number of aliphatic hydroxyl groups is 1. The van der Waals surface area contributed by atoms with Crippen LogP contribution in [0.3, 0.4) is 0 Å². The van der Waals surface area contributed by atoms with Crippen molar-refractivity contribution in [2.45, 2.75) is 38.3 Å². The molecule has 0 heterocycles. The van der Waals surface area contributed by atoms with E-state index < -0.39 is 6.04 Å². The molecule has 0 aromatic heterocycles. The molecule has 0 aromatic carbocycles. The molecule has 0 saturated heterocycles. The highest BCUT2D eigenvalue weighted by Gasteiger charge is 2.12. The maximum atomic E-state index is 11.3. The van der Waals surface area contributed by atoms with Gasteiger partial charge in [0.1, 0.15) is 0 Å². The first-order chi connectivity index (χ1) is 7.11. The lowest BCUT2D eigenvalue weighted by Crippen LogP contribution is -2.42. The summed E-state index contributed by atoms with van der Waals surface area (Å²) in [4.78, 5) is 11.3. The van der Waals surface area contributed by atoms with Gasteiger partial charge in [0.25, 0.3) is 0 Å². The lowest BCUT2D eigenvalue weighted by molar-refractivity contribution is -0.122. The summed E-state index contributed by atoms with van der Waals surface area (Å²) in [7, 11) is 1.57. The molecule has 0 rings (SSSR count). The molecular formula is C10H22N2O3. The molecule has 0 radical (unpaired) electrons. The Hall–Kier alpha value is -0.650. The Balaban J connectivity index is 3.55. The number of aliphatic hydroxyl groups excluding tert-OH is 1. The van der Waals surface area contributed by atoms with Gasteiger partial charge < -0.3 is 20.9 Å². The molecule has 0 aliphatic rings. The normalized spacial score (nSPS) is 14.7. The summed E-state index contributed by atoms with van der Waals surface area (Å²) >= 11 is 0. The first-order valence-electron chi connectivity index (χ1n) is 5.32. The van der Waals surface area contributed by atoms with Crippen LogP contribution in [-0.2, 0) is 9.53 Å². The molecule has 0 fully saturated rings. The van der Waals surface area contributed by atoms with Gasteiger partial charge in [-0.3, -0.25) is 4.79 Å². The van der Waals surface area contributed by atoms with Gasteiger partial charge in [0, 0.05) is 20.3 Å². The van der Waals surface area contributed by atoms with Gasteiger partial charge in [-0.05, 0) is 19.3 Å². The number of amides is 1. The molecule has 5 nitrogen and oxygen atoms in total. The fraction of sp³-hybridized carbons (Fsp3) is 0.900. The Morgan fingerprint density at radius 1 is 1.53 bits per heavy atom. The number of hydrogen-bond acceptors (Lipinski definition) is 4. The molecule has 0 aromatic rings. The summed E-state index contributed by atoms with van der Waals surface area (Å²) in [6.45, 7) is 2.84. The maximum Gasteiger partial charge on any atom is 0.237 e. The van der Waals surface area contributed by atoms with Crippen molar-refractivity contribution in [3.8, 4) is 0 Å². The van der Waals surface area contributed by atoms with Crippen molar-refractivity contribution >= 4 is 5.91 Å². The van der Waals surface area contributed by atoms with Crippen LogP contribution < -0.4 is 11.1 Å². The van der Waals surface area contributed by atoms with Gasteiger partial charge in [-0.15, -0.1) is 0 Å². The topological polar surface area (TPSA) is 84.6 Å². The van der Waals surface area contributed by atoms with Crippen molar-refractivity contribution in [1.29, 1.82) is 0 Å². The smallest absolute Gasteiger partial charge is 0.237 e. The average Bonchev–Trinajstić information content (AvgIpc) is 2.25. The highest BCUT2D eigenvalue weighted by Crippen LogP contribution is 1.95. The van der Waals surface area contributed by atoms with E-state index in [9.17, 15) is 9.90 Å². The van der Waals surface area contributed by atoms with Crippen LogP contribution in [0.15, 0.2) is 0 Å². The first-order valence-corrected chi connectivity index (χ1v) is 5.32. The number of carbonyl (C=O) groups excluding carboxylic acids is 1. The molecule has 0 aliphatic carbocycles. The molecule has 2 atom stereocenters. The van der Waals surface area contributed by atoms with Crippen LogP contribution in [0.5, 0.6) is 0 Å². The van der Waals surface area contributed by atoms with E-state index >= 15 is 0 Å². The SMILES string of the molecule is CCC(O)CCNC(=O)C(N)CCOC. The monoisotopic (exact) mass is 218 g/mol. The lowest BCUT2D eigenvalue weighted by atomic mass is 10.2. The quantitative estimate of drug-likeness (QED) is 0.519. The van der Waals surface area contributed by atoms with Crippen LogP contribution in [-0.4, -0.2) is 43.4 Å². The Bertz CT molecular complexity index is 176. The second-order valence-corrected chi connectivity index (χ2v) is 3.53. The van der Waals surface area contributed by atoms with Crippen LogP contribution in [0, 0.1) is 0 Å². The van der Waals surface area contributed by atoms with Crippen LogP contribution in [0.4, 0.5) is 0 Å². The third kappa shape index (κ3) is 7.30. The minimum Gasteiger partial charge on any atom is -0.393 e. The van der Waals surface area contributed by atoms with E-state index in [0.717, 1.165) is 0 Å². The Kier molecular flexibility index (Phi) is 8.27. The van der Waals surface area contributed by atoms with Crippen molar-refractivity contribution < 1.29 is 14.6 Å². The zero-order chi connectivity index (χ0) is 11.7. The number of rotatable bonds is 8. The molecule has 0 bridgehead atoms. The van der Waals surface area contributed by atoms with Crippen LogP contribution >= 0.6 is 0 Å². The zero-order valence-corrected chi connectivity index (χ0v) is 9.53. The highest BCUT2D eigenvalue weighted by molar-refractivity contribution is 5.81. The molecule has 0 saturated carbocycles. The summed E-state index contributed by atoms with van der Waals surface area (Å²) in [5.41, 5.74) is 5.60. The Morgan fingerprint density at radius 2 is 2.20 bits per heavy atom. The van der Waals surface area contributed by atoms with Crippen molar-refractivity contribution in [3.63, 3.8) is 0 Å². The van der Waals surface area contributed by atoms with E-state index in [0.29, 0.717) is 32.4 Å². The molecule has 4 N–H and O–H groups in total. The van der Waals surface area contributed by atoms with E-state index in [4.69, 9.17) is 10.5 Å². The fourth-order valence-electron chi connectivity index (χ4n) is 1.07. The highest BCUT2D eigenvalue weighted by atomic mass is 16.5. The van der Waals surface area contributed by atoms with E-state index in [2.05, 4.69) is 5.32 Å². The second-order valence-electron chi connectivity index (χ2n) is 3.53. The number of hydrogen-bond donors (Lipinski definition) is 3. The first kappa shape index (κ1) is 14.3. The summed E-state index contributed by atoms with van der Waals surface area (Å²) in [5.74, 6) is -0.185. The van der Waals surface area contributed by atoms with Gasteiger partial charge in [-0.1, -0.05) is 6.92 Å². The van der Waals surface area contributed by atoms with Gasteiger partial charge in [-0.2, -0.15) is 0 Å². The van der Waals surface area contributed by atoms with E-state index in [1.165, 1.54) is 0 Å². The number of methoxy groups -OCH3 is 1. The summed E-state index contributed by atoms with van der Waals surface area (Å²) in [6.07, 6.45) is 1.43. The second kappa shape index (κ2) is 8.64. The molecule has 0 aliphatic heterocycles. The Labute approximate surface area is 91.0 Å². The fourth-order valence-corrected chi connectivity index (χ4v) is 1.07.